The van der Waals surface area contributed by atoms with Crippen molar-refractivity contribution in [3.63, 3.8) is 0 Å². The standard InChI is InChI=1S/C22H23FN6O/c1-21(2,3)20-26-27-28-29(20)18-11-15(14-6-8-17(23)9-7-14)10-16(12-18)19(30)25-22(4,5)13-24/h6-12H,1-5H3,(H,25,30). The average molecular weight is 406 g/mol. The SMILES string of the molecule is CC(C)(C#N)NC(=O)c1cc(-c2ccc(F)cc2)cc(-n2nnnc2C(C)(C)C)c1. The number of amides is 1. The van der Waals surface area contributed by atoms with E-state index in [4.69, 9.17) is 0 Å². The van der Waals surface area contributed by atoms with Gasteiger partial charge in [0.05, 0.1) is 11.8 Å². The van der Waals surface area contributed by atoms with Gasteiger partial charge >= 0.3 is 0 Å². The van der Waals surface area contributed by atoms with Gasteiger partial charge in [-0.3, -0.25) is 4.79 Å². The molecule has 0 fully saturated rings. The second-order valence-electron chi connectivity index (χ2n) is 8.63. The molecule has 0 saturated carbocycles. The normalized spacial score (nSPS) is 11.8. The lowest BCUT2D eigenvalue weighted by Crippen LogP contribution is -2.42. The summed E-state index contributed by atoms with van der Waals surface area (Å²) in [5, 5.41) is 24.0. The first-order valence-corrected chi connectivity index (χ1v) is 9.44. The fraction of sp³-hybridized carbons (Fsp3) is 0.318. The van der Waals surface area contributed by atoms with Gasteiger partial charge in [0, 0.05) is 11.0 Å². The number of carbonyl (C=O) groups excluding carboxylic acids is 1. The monoisotopic (exact) mass is 406 g/mol. The van der Waals surface area contributed by atoms with Crippen LogP contribution in [0.2, 0.25) is 0 Å². The van der Waals surface area contributed by atoms with Crippen LogP contribution in [0, 0.1) is 17.1 Å². The summed E-state index contributed by atoms with van der Waals surface area (Å²) in [5.74, 6) is -0.126. The number of hydrogen-bond donors (Lipinski definition) is 1. The first kappa shape index (κ1) is 21.1. The van der Waals surface area contributed by atoms with E-state index in [1.165, 1.54) is 12.1 Å². The van der Waals surface area contributed by atoms with Gasteiger partial charge < -0.3 is 5.32 Å². The number of nitrogens with zero attached hydrogens (tertiary/aromatic N) is 5. The number of nitriles is 1. The van der Waals surface area contributed by atoms with Crippen molar-refractivity contribution in [2.45, 2.75) is 45.6 Å². The van der Waals surface area contributed by atoms with Crippen molar-refractivity contribution in [2.75, 3.05) is 0 Å². The highest BCUT2D eigenvalue weighted by molar-refractivity contribution is 5.97. The Morgan fingerprint density at radius 2 is 1.73 bits per heavy atom. The third-order valence-electron chi connectivity index (χ3n) is 4.45. The van der Waals surface area contributed by atoms with Crippen LogP contribution >= 0.6 is 0 Å². The maximum Gasteiger partial charge on any atom is 0.252 e. The number of rotatable bonds is 4. The predicted molar refractivity (Wildman–Crippen MR) is 110 cm³/mol. The van der Waals surface area contributed by atoms with Crippen molar-refractivity contribution in [1.82, 2.24) is 25.5 Å². The fourth-order valence-corrected chi connectivity index (χ4v) is 2.89. The first-order valence-electron chi connectivity index (χ1n) is 9.44. The molecule has 3 aromatic rings. The van der Waals surface area contributed by atoms with Crippen LogP contribution in [0.15, 0.2) is 42.5 Å². The Hall–Kier alpha value is -3.60. The van der Waals surface area contributed by atoms with Crippen molar-refractivity contribution in [3.8, 4) is 22.9 Å². The summed E-state index contributed by atoms with van der Waals surface area (Å²) < 4.78 is 15.0. The molecule has 7 nitrogen and oxygen atoms in total. The van der Waals surface area contributed by atoms with Crippen LogP contribution < -0.4 is 5.32 Å². The topological polar surface area (TPSA) is 96.5 Å². The molecule has 1 heterocycles. The third kappa shape index (κ3) is 4.51. The summed E-state index contributed by atoms with van der Waals surface area (Å²) in [5.41, 5.74) is 0.993. The van der Waals surface area contributed by atoms with Crippen LogP contribution in [-0.4, -0.2) is 31.7 Å². The van der Waals surface area contributed by atoms with Crippen LogP contribution in [0.25, 0.3) is 16.8 Å². The number of hydrogen-bond acceptors (Lipinski definition) is 5. The van der Waals surface area contributed by atoms with E-state index >= 15 is 0 Å². The summed E-state index contributed by atoms with van der Waals surface area (Å²) in [6, 6.07) is 13.3. The zero-order valence-corrected chi connectivity index (χ0v) is 17.6. The maximum absolute atomic E-state index is 13.4. The largest absolute Gasteiger partial charge is 0.334 e. The quantitative estimate of drug-likeness (QED) is 0.711. The lowest BCUT2D eigenvalue weighted by atomic mass is 9.95. The zero-order valence-electron chi connectivity index (χ0n) is 17.6. The van der Waals surface area contributed by atoms with E-state index in [1.54, 1.807) is 42.8 Å². The molecule has 0 bridgehead atoms. The van der Waals surface area contributed by atoms with Crippen molar-refractivity contribution < 1.29 is 9.18 Å². The van der Waals surface area contributed by atoms with Gasteiger partial charge in [-0.25, -0.2) is 4.39 Å². The number of aromatic nitrogens is 4. The Bertz CT molecular complexity index is 1120. The highest BCUT2D eigenvalue weighted by Gasteiger charge is 2.25. The van der Waals surface area contributed by atoms with E-state index in [1.807, 2.05) is 26.8 Å². The predicted octanol–water partition coefficient (Wildman–Crippen LogP) is 3.80. The molecule has 0 unspecified atom stereocenters. The molecule has 30 heavy (non-hydrogen) atoms. The molecule has 2 aromatic carbocycles. The second kappa shape index (κ2) is 7.67. The molecule has 154 valence electrons. The molecule has 0 aliphatic heterocycles. The number of benzene rings is 2. The molecule has 0 aliphatic carbocycles. The van der Waals surface area contributed by atoms with E-state index in [0.717, 1.165) is 5.56 Å². The van der Waals surface area contributed by atoms with Gasteiger partial charge in [0.1, 0.15) is 11.4 Å². The zero-order chi connectivity index (χ0) is 22.1. The summed E-state index contributed by atoms with van der Waals surface area (Å²) in [6.45, 7) is 9.20. The van der Waals surface area contributed by atoms with E-state index in [2.05, 4.69) is 26.9 Å². The summed E-state index contributed by atoms with van der Waals surface area (Å²) >= 11 is 0. The van der Waals surface area contributed by atoms with E-state index in [9.17, 15) is 14.4 Å². The van der Waals surface area contributed by atoms with Crippen molar-refractivity contribution in [3.05, 3.63) is 59.7 Å². The van der Waals surface area contributed by atoms with Crippen LogP contribution in [0.4, 0.5) is 4.39 Å². The molecule has 1 amide bonds. The van der Waals surface area contributed by atoms with Crippen molar-refractivity contribution >= 4 is 5.91 Å². The van der Waals surface area contributed by atoms with Gasteiger partial charge in [0.25, 0.3) is 5.91 Å². The lowest BCUT2D eigenvalue weighted by Gasteiger charge is -2.20. The molecular weight excluding hydrogens is 383 g/mol. The van der Waals surface area contributed by atoms with Gasteiger partial charge in [0.2, 0.25) is 0 Å². The summed E-state index contributed by atoms with van der Waals surface area (Å²) in [7, 11) is 0. The smallest absolute Gasteiger partial charge is 0.252 e. The highest BCUT2D eigenvalue weighted by Crippen LogP contribution is 2.27. The van der Waals surface area contributed by atoms with Crippen LogP contribution in [0.5, 0.6) is 0 Å². The van der Waals surface area contributed by atoms with Crippen LogP contribution in [0.3, 0.4) is 0 Å². The number of carbonyl (C=O) groups is 1. The fourth-order valence-electron chi connectivity index (χ4n) is 2.89. The lowest BCUT2D eigenvalue weighted by molar-refractivity contribution is 0.0929. The average Bonchev–Trinajstić information content (AvgIpc) is 3.18. The van der Waals surface area contributed by atoms with Crippen LogP contribution in [0.1, 0.15) is 50.8 Å². The molecule has 0 aliphatic rings. The van der Waals surface area contributed by atoms with Gasteiger partial charge in [-0.15, -0.1) is 5.10 Å². The molecule has 0 radical (unpaired) electrons. The van der Waals surface area contributed by atoms with Gasteiger partial charge in [0.15, 0.2) is 5.82 Å². The molecule has 1 aromatic heterocycles. The third-order valence-corrected chi connectivity index (χ3v) is 4.45. The Morgan fingerprint density at radius 1 is 1.07 bits per heavy atom. The van der Waals surface area contributed by atoms with E-state index in [0.29, 0.717) is 22.6 Å². The Balaban J connectivity index is 2.17. The Morgan fingerprint density at radius 3 is 2.33 bits per heavy atom. The molecular formula is C22H23FN6O. The van der Waals surface area contributed by atoms with E-state index < -0.39 is 11.4 Å². The second-order valence-corrected chi connectivity index (χ2v) is 8.63. The molecule has 8 heteroatoms. The van der Waals surface area contributed by atoms with Gasteiger partial charge in [-0.05, 0) is 65.7 Å². The molecule has 0 saturated heterocycles. The van der Waals surface area contributed by atoms with Crippen molar-refractivity contribution in [1.29, 1.82) is 5.26 Å². The maximum atomic E-state index is 13.4. The highest BCUT2D eigenvalue weighted by atomic mass is 19.1. The number of nitrogens with one attached hydrogen (secondary N) is 1. The minimum Gasteiger partial charge on any atom is -0.334 e. The number of halogens is 1. The molecule has 0 spiro atoms. The molecule has 0 atom stereocenters. The molecule has 1 N–H and O–H groups in total. The number of tetrazole rings is 1. The van der Waals surface area contributed by atoms with Crippen LogP contribution in [-0.2, 0) is 5.41 Å². The van der Waals surface area contributed by atoms with Gasteiger partial charge in [-0.1, -0.05) is 32.9 Å². The minimum atomic E-state index is -1.03. The summed E-state index contributed by atoms with van der Waals surface area (Å²) in [4.78, 5) is 12.9. The van der Waals surface area contributed by atoms with E-state index in [-0.39, 0.29) is 11.2 Å². The Kier molecular flexibility index (Phi) is 5.40. The molecule has 3 rings (SSSR count). The first-order chi connectivity index (χ1) is 14.0. The Labute approximate surface area is 174 Å². The summed E-state index contributed by atoms with van der Waals surface area (Å²) in [6.07, 6.45) is 0. The van der Waals surface area contributed by atoms with Gasteiger partial charge in [-0.2, -0.15) is 9.94 Å². The minimum absolute atomic E-state index is 0.333. The van der Waals surface area contributed by atoms with Crippen molar-refractivity contribution in [2.24, 2.45) is 0 Å².